The molecule has 0 aliphatic heterocycles. The molecule has 5 heteroatoms. The maximum absolute atomic E-state index is 11.6. The van der Waals surface area contributed by atoms with Gasteiger partial charge in [-0.25, -0.2) is 4.98 Å². The van der Waals surface area contributed by atoms with E-state index in [2.05, 4.69) is 10.3 Å². The first-order chi connectivity index (χ1) is 7.16. The molecule has 1 fully saturated rings. The largest absolute Gasteiger partial charge is 0.352 e. The second-order valence-electron chi connectivity index (χ2n) is 3.65. The van der Waals surface area contributed by atoms with E-state index in [4.69, 9.17) is 23.2 Å². The smallest absolute Gasteiger partial charge is 0.252 e. The number of pyridine rings is 1. The molecule has 0 bridgehead atoms. The van der Waals surface area contributed by atoms with Gasteiger partial charge in [0.2, 0.25) is 0 Å². The summed E-state index contributed by atoms with van der Waals surface area (Å²) in [7, 11) is 0. The molecule has 1 aromatic rings. The Balaban J connectivity index is 2.00. The van der Waals surface area contributed by atoms with Crippen LogP contribution in [0.15, 0.2) is 12.3 Å². The monoisotopic (exact) mass is 244 g/mol. The van der Waals surface area contributed by atoms with Gasteiger partial charge in [0.25, 0.3) is 5.91 Å². The van der Waals surface area contributed by atoms with Crippen LogP contribution in [0.1, 0.15) is 23.2 Å². The highest BCUT2D eigenvalue weighted by Crippen LogP contribution is 2.27. The predicted octanol–water partition coefficient (Wildman–Crippen LogP) is 2.53. The zero-order chi connectivity index (χ0) is 10.8. The van der Waals surface area contributed by atoms with E-state index < -0.39 is 0 Å². The van der Waals surface area contributed by atoms with E-state index in [1.807, 2.05) is 0 Å². The molecular formula is C10H10Cl2N2O. The van der Waals surface area contributed by atoms with E-state index in [1.54, 1.807) is 0 Å². The highest BCUT2D eigenvalue weighted by Gasteiger charge is 2.22. The summed E-state index contributed by atoms with van der Waals surface area (Å²) in [5.41, 5.74) is 0.449. The fraction of sp³-hybridized carbons (Fsp3) is 0.400. The number of hydrogen-bond acceptors (Lipinski definition) is 2. The molecule has 0 radical (unpaired) electrons. The average molecular weight is 245 g/mol. The summed E-state index contributed by atoms with van der Waals surface area (Å²) < 4.78 is 0. The molecule has 1 N–H and O–H groups in total. The van der Waals surface area contributed by atoms with Gasteiger partial charge < -0.3 is 5.32 Å². The van der Waals surface area contributed by atoms with Crippen LogP contribution < -0.4 is 5.32 Å². The second kappa shape index (κ2) is 4.37. The van der Waals surface area contributed by atoms with Crippen LogP contribution in [-0.4, -0.2) is 17.4 Å². The van der Waals surface area contributed by atoms with Crippen molar-refractivity contribution in [2.75, 3.05) is 6.54 Å². The van der Waals surface area contributed by atoms with Crippen molar-refractivity contribution in [3.05, 3.63) is 28.0 Å². The summed E-state index contributed by atoms with van der Waals surface area (Å²) in [6, 6.07) is 1.53. The summed E-state index contributed by atoms with van der Waals surface area (Å²) in [5.74, 6) is 0.512. The van der Waals surface area contributed by atoms with Gasteiger partial charge in [-0.1, -0.05) is 23.2 Å². The zero-order valence-corrected chi connectivity index (χ0v) is 9.48. The Bertz CT molecular complexity index is 391. The van der Waals surface area contributed by atoms with Crippen LogP contribution in [0.2, 0.25) is 10.2 Å². The fourth-order valence-electron chi connectivity index (χ4n) is 1.21. The number of amides is 1. The Hall–Kier alpha value is -0.800. The topological polar surface area (TPSA) is 42.0 Å². The van der Waals surface area contributed by atoms with Gasteiger partial charge in [0, 0.05) is 12.7 Å². The van der Waals surface area contributed by atoms with E-state index in [1.165, 1.54) is 25.1 Å². The summed E-state index contributed by atoms with van der Waals surface area (Å²) >= 11 is 11.4. The Morgan fingerprint density at radius 2 is 2.27 bits per heavy atom. The summed E-state index contributed by atoms with van der Waals surface area (Å²) in [6.45, 7) is 0.735. The van der Waals surface area contributed by atoms with Gasteiger partial charge in [-0.15, -0.1) is 0 Å². The van der Waals surface area contributed by atoms with Crippen molar-refractivity contribution in [2.45, 2.75) is 12.8 Å². The van der Waals surface area contributed by atoms with Crippen molar-refractivity contribution in [1.29, 1.82) is 0 Å². The fourth-order valence-corrected chi connectivity index (χ4v) is 1.48. The standard InChI is InChI=1S/C10H10Cl2N2O/c11-8-3-7(5-13-9(8)12)10(15)14-4-6-1-2-6/h3,5-6H,1-2,4H2,(H,14,15). The van der Waals surface area contributed by atoms with Crippen molar-refractivity contribution >= 4 is 29.1 Å². The number of nitrogens with one attached hydrogen (secondary N) is 1. The lowest BCUT2D eigenvalue weighted by molar-refractivity contribution is 0.0951. The minimum Gasteiger partial charge on any atom is -0.352 e. The van der Waals surface area contributed by atoms with Crippen molar-refractivity contribution in [3.63, 3.8) is 0 Å². The molecule has 1 aliphatic carbocycles. The van der Waals surface area contributed by atoms with Crippen LogP contribution in [0.25, 0.3) is 0 Å². The van der Waals surface area contributed by atoms with Crippen LogP contribution in [0, 0.1) is 5.92 Å². The Kier molecular flexibility index (Phi) is 3.12. The SMILES string of the molecule is O=C(NCC1CC1)c1cnc(Cl)c(Cl)c1. The van der Waals surface area contributed by atoms with Gasteiger partial charge in [-0.05, 0) is 24.8 Å². The molecule has 2 rings (SSSR count). The second-order valence-corrected chi connectivity index (χ2v) is 4.42. The quantitative estimate of drug-likeness (QED) is 0.831. The maximum Gasteiger partial charge on any atom is 0.252 e. The van der Waals surface area contributed by atoms with E-state index in [9.17, 15) is 4.79 Å². The third-order valence-corrected chi connectivity index (χ3v) is 2.99. The van der Waals surface area contributed by atoms with Gasteiger partial charge in [0.05, 0.1) is 10.6 Å². The van der Waals surface area contributed by atoms with E-state index in [0.29, 0.717) is 16.5 Å². The molecule has 0 atom stereocenters. The Morgan fingerprint density at radius 1 is 1.53 bits per heavy atom. The normalized spacial score (nSPS) is 15.1. The predicted molar refractivity (Wildman–Crippen MR) is 59.3 cm³/mol. The van der Waals surface area contributed by atoms with Crippen LogP contribution in [0.4, 0.5) is 0 Å². The van der Waals surface area contributed by atoms with Crippen molar-refractivity contribution in [3.8, 4) is 0 Å². The summed E-state index contributed by atoms with van der Waals surface area (Å²) in [5, 5.41) is 3.35. The highest BCUT2D eigenvalue weighted by molar-refractivity contribution is 6.41. The molecule has 1 amide bonds. The number of halogens is 2. The first kappa shape index (κ1) is 10.7. The van der Waals surface area contributed by atoms with Gasteiger partial charge in [0.1, 0.15) is 5.15 Å². The van der Waals surface area contributed by atoms with Crippen LogP contribution in [0.5, 0.6) is 0 Å². The molecule has 80 valence electrons. The van der Waals surface area contributed by atoms with Gasteiger partial charge >= 0.3 is 0 Å². The Morgan fingerprint density at radius 3 is 2.87 bits per heavy atom. The Labute approximate surface area is 97.8 Å². The number of carbonyl (C=O) groups is 1. The summed E-state index contributed by atoms with van der Waals surface area (Å²) in [6.07, 6.45) is 3.84. The van der Waals surface area contributed by atoms with Crippen LogP contribution >= 0.6 is 23.2 Å². The average Bonchev–Trinajstić information content (AvgIpc) is 3.02. The molecule has 0 unspecified atom stereocenters. The highest BCUT2D eigenvalue weighted by atomic mass is 35.5. The van der Waals surface area contributed by atoms with Crippen molar-refractivity contribution in [1.82, 2.24) is 10.3 Å². The zero-order valence-electron chi connectivity index (χ0n) is 7.96. The maximum atomic E-state index is 11.6. The molecule has 1 heterocycles. The van der Waals surface area contributed by atoms with E-state index >= 15 is 0 Å². The molecule has 0 aromatic carbocycles. The number of carbonyl (C=O) groups excluding carboxylic acids is 1. The van der Waals surface area contributed by atoms with Gasteiger partial charge in [0.15, 0.2) is 0 Å². The minimum atomic E-state index is -0.145. The lowest BCUT2D eigenvalue weighted by atomic mass is 10.2. The van der Waals surface area contributed by atoms with Crippen molar-refractivity contribution < 1.29 is 4.79 Å². The molecule has 1 aliphatic rings. The number of aromatic nitrogens is 1. The summed E-state index contributed by atoms with van der Waals surface area (Å²) in [4.78, 5) is 15.4. The third-order valence-electron chi connectivity index (χ3n) is 2.31. The van der Waals surface area contributed by atoms with Gasteiger partial charge in [-0.3, -0.25) is 4.79 Å². The minimum absolute atomic E-state index is 0.145. The molecule has 3 nitrogen and oxygen atoms in total. The van der Waals surface area contributed by atoms with Crippen LogP contribution in [0.3, 0.4) is 0 Å². The molecule has 0 spiro atoms. The number of hydrogen-bond donors (Lipinski definition) is 1. The lowest BCUT2D eigenvalue weighted by Gasteiger charge is -2.04. The molecular weight excluding hydrogens is 235 g/mol. The number of nitrogens with zero attached hydrogens (tertiary/aromatic N) is 1. The lowest BCUT2D eigenvalue weighted by Crippen LogP contribution is -2.25. The van der Waals surface area contributed by atoms with E-state index in [-0.39, 0.29) is 11.1 Å². The van der Waals surface area contributed by atoms with Gasteiger partial charge in [-0.2, -0.15) is 0 Å². The first-order valence-electron chi connectivity index (χ1n) is 4.76. The first-order valence-corrected chi connectivity index (χ1v) is 5.51. The number of rotatable bonds is 3. The molecule has 1 aromatic heterocycles. The van der Waals surface area contributed by atoms with Crippen molar-refractivity contribution in [2.24, 2.45) is 5.92 Å². The van der Waals surface area contributed by atoms with Crippen LogP contribution in [-0.2, 0) is 0 Å². The molecule has 15 heavy (non-hydrogen) atoms. The van der Waals surface area contributed by atoms with E-state index in [0.717, 1.165) is 6.54 Å². The third kappa shape index (κ3) is 2.83. The molecule has 1 saturated carbocycles. The molecule has 0 saturated heterocycles.